The molecule has 3 N–H and O–H groups in total. The van der Waals surface area contributed by atoms with E-state index in [-0.39, 0.29) is 35.5 Å². The van der Waals surface area contributed by atoms with Crippen molar-refractivity contribution in [3.8, 4) is 0 Å². The van der Waals surface area contributed by atoms with E-state index in [0.29, 0.717) is 13.0 Å². The molecule has 7 nitrogen and oxygen atoms in total. The molecule has 4 atom stereocenters. The van der Waals surface area contributed by atoms with Gasteiger partial charge in [0.15, 0.2) is 0 Å². The summed E-state index contributed by atoms with van der Waals surface area (Å²) >= 11 is 0. The van der Waals surface area contributed by atoms with Crippen LogP contribution >= 0.6 is 0 Å². The van der Waals surface area contributed by atoms with Crippen molar-refractivity contribution in [2.24, 2.45) is 0 Å². The van der Waals surface area contributed by atoms with Crippen molar-refractivity contribution in [1.29, 1.82) is 0 Å². The predicted octanol–water partition coefficient (Wildman–Crippen LogP) is 0.149. The third-order valence-electron chi connectivity index (χ3n) is 4.83. The molecule has 1 heterocycles. The zero-order chi connectivity index (χ0) is 20.1. The molecule has 2 aromatic carbocycles. The molecular weight excluding hydrogens is 381 g/mol. The normalized spacial score (nSPS) is 20.7. The number of carbonyl (C=O) groups is 3. The zero-order valence-electron chi connectivity index (χ0n) is 15.5. The van der Waals surface area contributed by atoms with E-state index in [2.05, 4.69) is 10.6 Å². The molecule has 2 aromatic rings. The van der Waals surface area contributed by atoms with Crippen LogP contribution in [-0.4, -0.2) is 82.5 Å². The van der Waals surface area contributed by atoms with Gasteiger partial charge in [-0.2, -0.15) is 0 Å². The van der Waals surface area contributed by atoms with Crippen LogP contribution in [-0.2, 0) is 27.3 Å². The standard InChI is InChI=1S/C21H23N3O4.Na.H/c1-24-17(18(24)21(27)28)20(26)23-16(12-14-8-4-2-5-9-14)19(25)22-13-15-10-6-3-7-11-15;;/h2-11,16-18H,12-13H2,1H3,(H,22,25)(H,23,26)(H,27,28);;/t16-,17-,18-,24?;;/m0../s1. The van der Waals surface area contributed by atoms with Crippen LogP contribution in [0.1, 0.15) is 11.1 Å². The van der Waals surface area contributed by atoms with Crippen LogP contribution in [0.5, 0.6) is 0 Å². The van der Waals surface area contributed by atoms with Crippen LogP contribution in [0.3, 0.4) is 0 Å². The topological polar surface area (TPSA) is 98.5 Å². The minimum atomic E-state index is -1.05. The van der Waals surface area contributed by atoms with E-state index in [1.807, 2.05) is 60.7 Å². The molecule has 8 heteroatoms. The van der Waals surface area contributed by atoms with E-state index in [1.165, 1.54) is 4.90 Å². The first kappa shape index (κ1) is 23.1. The quantitative estimate of drug-likeness (QED) is 0.429. The molecule has 0 bridgehead atoms. The van der Waals surface area contributed by atoms with Crippen molar-refractivity contribution in [1.82, 2.24) is 15.5 Å². The molecule has 2 amide bonds. The van der Waals surface area contributed by atoms with Gasteiger partial charge in [-0.15, -0.1) is 0 Å². The number of likely N-dealkylation sites (N-methyl/N-ethyl adjacent to an activating group) is 1. The van der Waals surface area contributed by atoms with Crippen molar-refractivity contribution in [3.05, 3.63) is 71.8 Å². The van der Waals surface area contributed by atoms with Gasteiger partial charge < -0.3 is 15.7 Å². The monoisotopic (exact) mass is 405 g/mol. The number of carboxylic acids is 1. The first-order valence-corrected chi connectivity index (χ1v) is 9.08. The van der Waals surface area contributed by atoms with Crippen LogP contribution in [0.25, 0.3) is 0 Å². The van der Waals surface area contributed by atoms with Gasteiger partial charge in [0, 0.05) is 13.0 Å². The van der Waals surface area contributed by atoms with Crippen molar-refractivity contribution >= 4 is 47.3 Å². The summed E-state index contributed by atoms with van der Waals surface area (Å²) in [5, 5.41) is 14.7. The number of nitrogens with zero attached hydrogens (tertiary/aromatic N) is 1. The predicted molar refractivity (Wildman–Crippen MR) is 110 cm³/mol. The molecular formula is C21H24N3NaO4. The molecule has 1 aliphatic heterocycles. The summed E-state index contributed by atoms with van der Waals surface area (Å²) in [6.07, 6.45) is 0.321. The van der Waals surface area contributed by atoms with Gasteiger partial charge in [-0.05, 0) is 18.2 Å². The van der Waals surface area contributed by atoms with Crippen LogP contribution in [0.2, 0.25) is 0 Å². The van der Waals surface area contributed by atoms with Gasteiger partial charge in [0.1, 0.15) is 18.1 Å². The van der Waals surface area contributed by atoms with E-state index in [4.69, 9.17) is 5.11 Å². The number of amides is 2. The summed E-state index contributed by atoms with van der Waals surface area (Å²) < 4.78 is 0. The maximum atomic E-state index is 12.7. The van der Waals surface area contributed by atoms with Gasteiger partial charge in [-0.3, -0.25) is 19.3 Å². The fourth-order valence-corrected chi connectivity index (χ4v) is 3.20. The van der Waals surface area contributed by atoms with Crippen molar-refractivity contribution in [2.45, 2.75) is 31.1 Å². The number of rotatable bonds is 8. The Morgan fingerprint density at radius 1 is 0.966 bits per heavy atom. The molecule has 0 aromatic heterocycles. The molecule has 0 radical (unpaired) electrons. The number of nitrogens with one attached hydrogen (secondary N) is 2. The number of carbonyl (C=O) groups excluding carboxylic acids is 2. The molecule has 0 saturated carbocycles. The summed E-state index contributed by atoms with van der Waals surface area (Å²) in [5.74, 6) is -1.81. The first-order chi connectivity index (χ1) is 13.5. The summed E-state index contributed by atoms with van der Waals surface area (Å²) in [7, 11) is 1.57. The van der Waals surface area contributed by atoms with Gasteiger partial charge >= 0.3 is 35.5 Å². The maximum absolute atomic E-state index is 12.7. The molecule has 148 valence electrons. The third kappa shape index (κ3) is 6.14. The minimum absolute atomic E-state index is 0. The second-order valence-electron chi connectivity index (χ2n) is 6.85. The number of hydrogen-bond acceptors (Lipinski definition) is 4. The summed E-state index contributed by atoms with van der Waals surface area (Å²) in [4.78, 5) is 37.9. The van der Waals surface area contributed by atoms with E-state index in [0.717, 1.165) is 11.1 Å². The molecule has 0 spiro atoms. The summed E-state index contributed by atoms with van der Waals surface area (Å²) in [6.45, 7) is 0.349. The summed E-state index contributed by atoms with van der Waals surface area (Å²) in [6, 6.07) is 16.5. The first-order valence-electron chi connectivity index (χ1n) is 9.08. The second kappa shape index (κ2) is 10.5. The van der Waals surface area contributed by atoms with Crippen molar-refractivity contribution in [3.63, 3.8) is 0 Å². The fourth-order valence-electron chi connectivity index (χ4n) is 3.20. The molecule has 1 aliphatic rings. The Kier molecular flexibility index (Phi) is 8.40. The Bertz CT molecular complexity index is 848. The number of aliphatic carboxylic acids is 1. The number of carboxylic acid groups (broad SMARTS) is 1. The van der Waals surface area contributed by atoms with Gasteiger partial charge in [0.25, 0.3) is 0 Å². The van der Waals surface area contributed by atoms with Crippen LogP contribution in [0.4, 0.5) is 0 Å². The van der Waals surface area contributed by atoms with Crippen LogP contribution < -0.4 is 10.6 Å². The van der Waals surface area contributed by atoms with E-state index >= 15 is 0 Å². The van der Waals surface area contributed by atoms with E-state index in [1.54, 1.807) is 7.05 Å². The Morgan fingerprint density at radius 2 is 1.52 bits per heavy atom. The second-order valence-corrected chi connectivity index (χ2v) is 6.85. The van der Waals surface area contributed by atoms with E-state index < -0.39 is 30.0 Å². The van der Waals surface area contributed by atoms with Gasteiger partial charge in [0.2, 0.25) is 11.8 Å². The average Bonchev–Trinajstić information content (AvgIpc) is 3.38. The SMILES string of the molecule is CN1[C@H](C(=O)O)[C@H]1C(=O)N[C@@H](Cc1ccccc1)C(=O)NCc1ccccc1.[NaH]. The Labute approximate surface area is 191 Å². The van der Waals surface area contributed by atoms with Gasteiger partial charge in [0.05, 0.1) is 0 Å². The zero-order valence-corrected chi connectivity index (χ0v) is 15.5. The summed E-state index contributed by atoms with van der Waals surface area (Å²) in [5.41, 5.74) is 1.86. The van der Waals surface area contributed by atoms with Gasteiger partial charge in [-0.25, -0.2) is 0 Å². The number of hydrogen-bond donors (Lipinski definition) is 3. The molecule has 1 unspecified atom stereocenters. The number of benzene rings is 2. The molecule has 1 saturated heterocycles. The molecule has 29 heavy (non-hydrogen) atoms. The molecule has 0 aliphatic carbocycles. The Morgan fingerprint density at radius 3 is 2.03 bits per heavy atom. The Balaban J connectivity index is 0.00000300. The van der Waals surface area contributed by atoms with Gasteiger partial charge in [-0.1, -0.05) is 60.7 Å². The third-order valence-corrected chi connectivity index (χ3v) is 4.83. The molecule has 3 rings (SSSR count). The van der Waals surface area contributed by atoms with Crippen LogP contribution in [0, 0.1) is 0 Å². The fraction of sp³-hybridized carbons (Fsp3) is 0.286. The van der Waals surface area contributed by atoms with Crippen LogP contribution in [0.15, 0.2) is 60.7 Å². The molecule has 1 fully saturated rings. The Hall–Kier alpha value is -2.19. The average molecular weight is 405 g/mol. The van der Waals surface area contributed by atoms with Crippen molar-refractivity contribution in [2.75, 3.05) is 7.05 Å². The van der Waals surface area contributed by atoms with E-state index in [9.17, 15) is 14.4 Å². The van der Waals surface area contributed by atoms with Crippen molar-refractivity contribution < 1.29 is 19.5 Å².